The van der Waals surface area contributed by atoms with Crippen LogP contribution in [-0.2, 0) is 0 Å². The monoisotopic (exact) mass is 456 g/mol. The van der Waals surface area contributed by atoms with E-state index >= 15 is 0 Å². The highest BCUT2D eigenvalue weighted by Gasteiger charge is 2.24. The number of fused-ring (bicyclic) bond motifs is 1. The second-order valence-corrected chi connectivity index (χ2v) is 9.13. The molecule has 1 fully saturated rings. The van der Waals surface area contributed by atoms with Crippen LogP contribution >= 0.6 is 0 Å². The van der Waals surface area contributed by atoms with Gasteiger partial charge in [-0.1, -0.05) is 42.5 Å². The number of benzene rings is 2. The van der Waals surface area contributed by atoms with Gasteiger partial charge in [0, 0.05) is 24.0 Å². The summed E-state index contributed by atoms with van der Waals surface area (Å²) in [5, 5.41) is 8.14. The van der Waals surface area contributed by atoms with Crippen molar-refractivity contribution in [3.8, 4) is 28.2 Å². The zero-order chi connectivity index (χ0) is 23.5. The molecule has 0 spiro atoms. The van der Waals surface area contributed by atoms with Gasteiger partial charge in [0.25, 0.3) is 0 Å². The van der Waals surface area contributed by atoms with Crippen LogP contribution in [0.15, 0.2) is 71.3 Å². The van der Waals surface area contributed by atoms with Crippen molar-refractivity contribution in [2.45, 2.75) is 19.6 Å². The van der Waals surface area contributed by atoms with Crippen molar-refractivity contribution in [3.05, 3.63) is 66.9 Å². The SMILES string of the molecule is CC(Oc1ccccc1-c1oc2nccc(NCC3CCNC3)c2c1-c1ccccc1)N(C)C. The fraction of sp³-hybridized carbons (Fsp3) is 0.321. The smallest absolute Gasteiger partial charge is 0.229 e. The molecule has 2 N–H and O–H groups in total. The lowest BCUT2D eigenvalue weighted by Crippen LogP contribution is -2.30. The number of anilines is 1. The molecule has 2 atom stereocenters. The van der Waals surface area contributed by atoms with Crippen molar-refractivity contribution in [2.24, 2.45) is 5.92 Å². The van der Waals surface area contributed by atoms with Crippen LogP contribution in [0.2, 0.25) is 0 Å². The van der Waals surface area contributed by atoms with Gasteiger partial charge < -0.3 is 19.8 Å². The number of hydrogen-bond acceptors (Lipinski definition) is 6. The number of nitrogens with one attached hydrogen (secondary N) is 2. The van der Waals surface area contributed by atoms with Crippen LogP contribution in [0.3, 0.4) is 0 Å². The van der Waals surface area contributed by atoms with E-state index in [1.165, 1.54) is 6.42 Å². The molecule has 3 heterocycles. The normalized spacial score (nSPS) is 16.8. The first kappa shape index (κ1) is 22.4. The first-order valence-electron chi connectivity index (χ1n) is 12.0. The van der Waals surface area contributed by atoms with Crippen molar-refractivity contribution in [2.75, 3.05) is 39.0 Å². The Morgan fingerprint density at radius 3 is 2.68 bits per heavy atom. The highest BCUT2D eigenvalue weighted by molar-refractivity contribution is 6.07. The van der Waals surface area contributed by atoms with E-state index in [-0.39, 0.29) is 6.23 Å². The van der Waals surface area contributed by atoms with Gasteiger partial charge in [-0.2, -0.15) is 0 Å². The van der Waals surface area contributed by atoms with E-state index in [2.05, 4.69) is 45.9 Å². The summed E-state index contributed by atoms with van der Waals surface area (Å²) in [5.41, 5.74) is 4.71. The van der Waals surface area contributed by atoms with Gasteiger partial charge in [-0.25, -0.2) is 4.98 Å². The number of ether oxygens (including phenoxy) is 1. The number of nitrogens with zero attached hydrogens (tertiary/aromatic N) is 2. The maximum absolute atomic E-state index is 6.48. The maximum Gasteiger partial charge on any atom is 0.229 e. The van der Waals surface area contributed by atoms with Gasteiger partial charge in [0.05, 0.1) is 10.9 Å². The predicted molar refractivity (Wildman–Crippen MR) is 138 cm³/mol. The van der Waals surface area contributed by atoms with E-state index in [0.717, 1.165) is 58.9 Å². The summed E-state index contributed by atoms with van der Waals surface area (Å²) in [4.78, 5) is 6.64. The molecule has 6 heteroatoms. The van der Waals surface area contributed by atoms with Gasteiger partial charge in [0.1, 0.15) is 17.7 Å². The van der Waals surface area contributed by atoms with Gasteiger partial charge in [-0.05, 0) is 70.2 Å². The lowest BCUT2D eigenvalue weighted by Gasteiger charge is -2.22. The average Bonchev–Trinajstić information content (AvgIpc) is 3.51. The van der Waals surface area contributed by atoms with Gasteiger partial charge in [-0.3, -0.25) is 4.90 Å². The molecule has 4 aromatic rings. The molecule has 34 heavy (non-hydrogen) atoms. The quantitative estimate of drug-likeness (QED) is 0.343. The van der Waals surface area contributed by atoms with Crippen molar-refractivity contribution in [3.63, 3.8) is 0 Å². The molecule has 0 bridgehead atoms. The molecule has 176 valence electrons. The molecule has 2 unspecified atom stereocenters. The summed E-state index contributed by atoms with van der Waals surface area (Å²) in [6.07, 6.45) is 2.93. The molecule has 1 aliphatic rings. The summed E-state index contributed by atoms with van der Waals surface area (Å²) >= 11 is 0. The Morgan fingerprint density at radius 1 is 1.12 bits per heavy atom. The fourth-order valence-corrected chi connectivity index (χ4v) is 4.43. The molecule has 5 rings (SSSR count). The minimum atomic E-state index is -0.0823. The van der Waals surface area contributed by atoms with E-state index < -0.39 is 0 Å². The topological polar surface area (TPSA) is 62.6 Å². The van der Waals surface area contributed by atoms with Gasteiger partial charge in [-0.15, -0.1) is 0 Å². The Labute approximate surface area is 200 Å². The minimum absolute atomic E-state index is 0.0823. The predicted octanol–water partition coefficient (Wildman–Crippen LogP) is 5.47. The van der Waals surface area contributed by atoms with Crippen LogP contribution in [0.1, 0.15) is 13.3 Å². The third-order valence-electron chi connectivity index (χ3n) is 6.55. The summed E-state index contributed by atoms with van der Waals surface area (Å²) in [5.74, 6) is 2.18. The minimum Gasteiger partial charge on any atom is -0.475 e. The van der Waals surface area contributed by atoms with E-state index in [1.807, 2.05) is 62.4 Å². The Bertz CT molecular complexity index is 1250. The summed E-state index contributed by atoms with van der Waals surface area (Å²) in [6.45, 7) is 5.10. The first-order chi connectivity index (χ1) is 16.6. The molecule has 0 aliphatic carbocycles. The highest BCUT2D eigenvalue weighted by Crippen LogP contribution is 2.45. The van der Waals surface area contributed by atoms with Crippen LogP contribution in [-0.4, -0.2) is 49.8 Å². The van der Waals surface area contributed by atoms with Gasteiger partial charge >= 0.3 is 0 Å². The third kappa shape index (κ3) is 4.52. The van der Waals surface area contributed by atoms with E-state index in [1.54, 1.807) is 0 Å². The van der Waals surface area contributed by atoms with E-state index in [9.17, 15) is 0 Å². The van der Waals surface area contributed by atoms with Crippen LogP contribution in [0, 0.1) is 5.92 Å². The van der Waals surface area contributed by atoms with Crippen molar-refractivity contribution in [1.29, 1.82) is 0 Å². The molecular weight excluding hydrogens is 424 g/mol. The molecule has 0 radical (unpaired) electrons. The number of furan rings is 1. The van der Waals surface area contributed by atoms with Crippen LogP contribution in [0.4, 0.5) is 5.69 Å². The van der Waals surface area contributed by atoms with Crippen LogP contribution in [0.5, 0.6) is 5.75 Å². The summed E-state index contributed by atoms with van der Waals surface area (Å²) < 4.78 is 12.8. The van der Waals surface area contributed by atoms with Crippen molar-refractivity contribution >= 4 is 16.8 Å². The molecule has 1 saturated heterocycles. The Morgan fingerprint density at radius 2 is 1.91 bits per heavy atom. The molecular formula is C28H32N4O2. The highest BCUT2D eigenvalue weighted by atomic mass is 16.5. The fourth-order valence-electron chi connectivity index (χ4n) is 4.43. The number of para-hydroxylation sites is 1. The molecule has 2 aromatic carbocycles. The van der Waals surface area contributed by atoms with E-state index in [0.29, 0.717) is 11.6 Å². The largest absolute Gasteiger partial charge is 0.475 e. The van der Waals surface area contributed by atoms with Crippen LogP contribution < -0.4 is 15.4 Å². The summed E-state index contributed by atoms with van der Waals surface area (Å²) in [7, 11) is 4.01. The number of hydrogen-bond donors (Lipinski definition) is 2. The second kappa shape index (κ2) is 9.87. The standard InChI is InChI=1S/C28H32N4O2/c1-19(32(2)3)33-24-12-8-7-11-22(24)27-25(21-9-5-4-6-10-21)26-23(14-16-30-28(26)34-27)31-18-20-13-15-29-17-20/h4-12,14,16,19-20,29H,13,15,17-18H2,1-3H3,(H,30,31). The van der Waals surface area contributed by atoms with Crippen LogP contribution in [0.25, 0.3) is 33.6 Å². The Hall–Kier alpha value is -3.35. The summed E-state index contributed by atoms with van der Waals surface area (Å²) in [6, 6.07) is 20.5. The average molecular weight is 457 g/mol. The molecule has 2 aromatic heterocycles. The zero-order valence-electron chi connectivity index (χ0n) is 20.0. The Balaban J connectivity index is 1.65. The number of pyridine rings is 1. The number of aromatic nitrogens is 1. The second-order valence-electron chi connectivity index (χ2n) is 9.13. The third-order valence-corrected chi connectivity index (χ3v) is 6.55. The zero-order valence-corrected chi connectivity index (χ0v) is 20.0. The molecule has 1 aliphatic heterocycles. The van der Waals surface area contributed by atoms with Crippen molar-refractivity contribution in [1.82, 2.24) is 15.2 Å². The lowest BCUT2D eigenvalue weighted by molar-refractivity contribution is 0.0820. The molecule has 0 saturated carbocycles. The van der Waals surface area contributed by atoms with Crippen molar-refractivity contribution < 1.29 is 9.15 Å². The lowest BCUT2D eigenvalue weighted by atomic mass is 9.98. The maximum atomic E-state index is 6.48. The van der Waals surface area contributed by atoms with Gasteiger partial charge in [0.15, 0.2) is 0 Å². The molecule has 6 nitrogen and oxygen atoms in total. The molecule has 0 amide bonds. The first-order valence-corrected chi connectivity index (χ1v) is 12.0. The van der Waals surface area contributed by atoms with Gasteiger partial charge in [0.2, 0.25) is 5.71 Å². The Kier molecular flexibility index (Phi) is 6.52. The van der Waals surface area contributed by atoms with E-state index in [4.69, 9.17) is 9.15 Å². The number of rotatable bonds is 8.